The summed E-state index contributed by atoms with van der Waals surface area (Å²) >= 11 is 0. The summed E-state index contributed by atoms with van der Waals surface area (Å²) in [6, 6.07) is 18.8. The standard InChI is InChI=1S/C24H23N5O5S/c1-3-28(4-2)35(32,33)19-14-12-18(13-15-19)27-23-22(29(30)31)24(26-16-25-23)34-21-11-7-9-17-8-5-6-10-20(17)21/h5-16H,3-4H2,1-2H3,(H,25,26,27). The minimum atomic E-state index is -3.62. The molecule has 0 fully saturated rings. The van der Waals surface area contributed by atoms with Gasteiger partial charge in [0.2, 0.25) is 15.8 Å². The van der Waals surface area contributed by atoms with Gasteiger partial charge in [0, 0.05) is 24.2 Å². The van der Waals surface area contributed by atoms with Gasteiger partial charge < -0.3 is 10.1 Å². The van der Waals surface area contributed by atoms with E-state index in [-0.39, 0.29) is 16.6 Å². The first-order valence-corrected chi connectivity index (χ1v) is 12.3. The molecule has 11 heteroatoms. The molecule has 0 radical (unpaired) electrons. The number of hydrogen-bond donors (Lipinski definition) is 1. The van der Waals surface area contributed by atoms with E-state index in [9.17, 15) is 18.5 Å². The number of ether oxygens (including phenoxy) is 1. The van der Waals surface area contributed by atoms with Gasteiger partial charge >= 0.3 is 11.6 Å². The number of rotatable bonds is 9. The Morgan fingerprint density at radius 1 is 0.971 bits per heavy atom. The highest BCUT2D eigenvalue weighted by Crippen LogP contribution is 2.37. The molecule has 0 amide bonds. The quantitative estimate of drug-likeness (QED) is 0.252. The Labute approximate surface area is 202 Å². The van der Waals surface area contributed by atoms with E-state index < -0.39 is 20.6 Å². The summed E-state index contributed by atoms with van der Waals surface area (Å²) in [5.74, 6) is 0.117. The number of anilines is 2. The van der Waals surface area contributed by atoms with E-state index in [1.165, 1.54) is 28.6 Å². The molecule has 0 spiro atoms. The average Bonchev–Trinajstić information content (AvgIpc) is 2.85. The van der Waals surface area contributed by atoms with E-state index in [1.54, 1.807) is 26.0 Å². The highest BCUT2D eigenvalue weighted by molar-refractivity contribution is 7.89. The predicted molar refractivity (Wildman–Crippen MR) is 133 cm³/mol. The maximum atomic E-state index is 12.7. The lowest BCUT2D eigenvalue weighted by Gasteiger charge is -2.18. The molecule has 1 heterocycles. The molecule has 0 aliphatic rings. The van der Waals surface area contributed by atoms with Crippen LogP contribution in [0.15, 0.2) is 78.0 Å². The SMILES string of the molecule is CCN(CC)S(=O)(=O)c1ccc(Nc2ncnc(Oc3cccc4ccccc34)c2[N+](=O)[O-])cc1. The van der Waals surface area contributed by atoms with Crippen LogP contribution >= 0.6 is 0 Å². The second-order valence-electron chi connectivity index (χ2n) is 7.45. The Bertz CT molecular complexity index is 1470. The van der Waals surface area contributed by atoms with E-state index in [1.807, 2.05) is 30.3 Å². The molecule has 180 valence electrons. The van der Waals surface area contributed by atoms with Crippen molar-refractivity contribution < 1.29 is 18.1 Å². The van der Waals surface area contributed by atoms with Crippen LogP contribution in [0.2, 0.25) is 0 Å². The summed E-state index contributed by atoms with van der Waals surface area (Å²) < 4.78 is 32.6. The molecule has 0 atom stereocenters. The summed E-state index contributed by atoms with van der Waals surface area (Å²) in [7, 11) is -3.62. The average molecular weight is 494 g/mol. The van der Waals surface area contributed by atoms with E-state index in [0.717, 1.165) is 17.1 Å². The zero-order valence-electron chi connectivity index (χ0n) is 19.1. The van der Waals surface area contributed by atoms with Gasteiger partial charge in [0.05, 0.1) is 9.82 Å². The van der Waals surface area contributed by atoms with Crippen molar-refractivity contribution in [3.8, 4) is 11.6 Å². The topological polar surface area (TPSA) is 128 Å². The summed E-state index contributed by atoms with van der Waals surface area (Å²) in [4.78, 5) is 19.4. The van der Waals surface area contributed by atoms with Crippen LogP contribution in [0.1, 0.15) is 13.8 Å². The predicted octanol–water partition coefficient (Wildman–Crippen LogP) is 5.10. The summed E-state index contributed by atoms with van der Waals surface area (Å²) in [6.07, 6.45) is 1.16. The molecule has 0 saturated heterocycles. The normalized spacial score (nSPS) is 11.5. The molecule has 0 unspecified atom stereocenters. The fourth-order valence-electron chi connectivity index (χ4n) is 3.64. The van der Waals surface area contributed by atoms with Gasteiger partial charge in [-0.2, -0.15) is 9.29 Å². The molecule has 0 aliphatic carbocycles. The first kappa shape index (κ1) is 24.0. The Hall–Kier alpha value is -4.09. The minimum Gasteiger partial charge on any atom is -0.433 e. The molecule has 35 heavy (non-hydrogen) atoms. The second-order valence-corrected chi connectivity index (χ2v) is 9.39. The van der Waals surface area contributed by atoms with Crippen LogP contribution in [0.25, 0.3) is 10.8 Å². The lowest BCUT2D eigenvalue weighted by Crippen LogP contribution is -2.30. The van der Waals surface area contributed by atoms with Crippen molar-refractivity contribution in [2.24, 2.45) is 0 Å². The zero-order valence-corrected chi connectivity index (χ0v) is 19.9. The number of hydrogen-bond acceptors (Lipinski definition) is 8. The number of benzene rings is 3. The van der Waals surface area contributed by atoms with Gasteiger partial charge in [-0.25, -0.2) is 13.4 Å². The largest absolute Gasteiger partial charge is 0.433 e. The van der Waals surface area contributed by atoms with Crippen molar-refractivity contribution in [3.05, 3.63) is 83.2 Å². The number of fused-ring (bicyclic) bond motifs is 1. The van der Waals surface area contributed by atoms with E-state index in [0.29, 0.717) is 24.5 Å². The first-order chi connectivity index (χ1) is 16.8. The van der Waals surface area contributed by atoms with Crippen LogP contribution in [0.3, 0.4) is 0 Å². The third kappa shape index (κ3) is 4.91. The van der Waals surface area contributed by atoms with Crippen LogP contribution in [0.5, 0.6) is 11.6 Å². The number of sulfonamides is 1. The molecule has 3 aromatic carbocycles. The van der Waals surface area contributed by atoms with Crippen LogP contribution in [0, 0.1) is 10.1 Å². The van der Waals surface area contributed by atoms with Crippen molar-refractivity contribution >= 4 is 38.0 Å². The number of nitrogens with zero attached hydrogens (tertiary/aromatic N) is 4. The van der Waals surface area contributed by atoms with Crippen LogP contribution < -0.4 is 10.1 Å². The molecule has 10 nitrogen and oxygen atoms in total. The smallest absolute Gasteiger partial charge is 0.373 e. The van der Waals surface area contributed by atoms with Crippen molar-refractivity contribution in [2.75, 3.05) is 18.4 Å². The Morgan fingerprint density at radius 2 is 1.66 bits per heavy atom. The maximum absolute atomic E-state index is 12.7. The van der Waals surface area contributed by atoms with Crippen LogP contribution in [0.4, 0.5) is 17.2 Å². The fourth-order valence-corrected chi connectivity index (χ4v) is 5.10. The second kappa shape index (κ2) is 10.0. The zero-order chi connectivity index (χ0) is 25.0. The lowest BCUT2D eigenvalue weighted by atomic mass is 10.1. The third-order valence-corrected chi connectivity index (χ3v) is 7.45. The van der Waals surface area contributed by atoms with Gasteiger partial charge in [0.15, 0.2) is 0 Å². The first-order valence-electron chi connectivity index (χ1n) is 10.9. The molecule has 0 bridgehead atoms. The van der Waals surface area contributed by atoms with Gasteiger partial charge in [-0.15, -0.1) is 0 Å². The summed E-state index contributed by atoms with van der Waals surface area (Å²) in [5, 5.41) is 16.5. The molecular formula is C24H23N5O5S. The summed E-state index contributed by atoms with van der Waals surface area (Å²) in [6.45, 7) is 4.24. The van der Waals surface area contributed by atoms with Crippen molar-refractivity contribution in [2.45, 2.75) is 18.7 Å². The molecule has 1 aromatic heterocycles. The van der Waals surface area contributed by atoms with Crippen LogP contribution in [-0.2, 0) is 10.0 Å². The molecule has 0 aliphatic heterocycles. The van der Waals surface area contributed by atoms with Crippen LogP contribution in [-0.4, -0.2) is 40.7 Å². The number of nitro groups is 1. The van der Waals surface area contributed by atoms with Crippen molar-refractivity contribution in [1.82, 2.24) is 14.3 Å². The highest BCUT2D eigenvalue weighted by Gasteiger charge is 2.26. The van der Waals surface area contributed by atoms with Gasteiger partial charge in [-0.05, 0) is 35.7 Å². The van der Waals surface area contributed by atoms with Gasteiger partial charge in [0.1, 0.15) is 12.1 Å². The molecule has 4 aromatic rings. The number of aromatic nitrogens is 2. The van der Waals surface area contributed by atoms with Crippen molar-refractivity contribution in [1.29, 1.82) is 0 Å². The highest BCUT2D eigenvalue weighted by atomic mass is 32.2. The van der Waals surface area contributed by atoms with E-state index in [4.69, 9.17) is 4.74 Å². The molecule has 0 saturated carbocycles. The van der Waals surface area contributed by atoms with Gasteiger partial charge in [0.25, 0.3) is 0 Å². The maximum Gasteiger partial charge on any atom is 0.373 e. The Balaban J connectivity index is 1.65. The van der Waals surface area contributed by atoms with Gasteiger partial charge in [-0.3, -0.25) is 10.1 Å². The number of nitrogens with one attached hydrogen (secondary N) is 1. The monoisotopic (exact) mass is 493 g/mol. The van der Waals surface area contributed by atoms with Crippen molar-refractivity contribution in [3.63, 3.8) is 0 Å². The Kier molecular flexibility index (Phi) is 6.90. The third-order valence-electron chi connectivity index (χ3n) is 5.39. The molecule has 1 N–H and O–H groups in total. The van der Waals surface area contributed by atoms with Gasteiger partial charge in [-0.1, -0.05) is 50.2 Å². The molecule has 4 rings (SSSR count). The minimum absolute atomic E-state index is 0.0837. The van der Waals surface area contributed by atoms with E-state index in [2.05, 4.69) is 15.3 Å². The fraction of sp³-hybridized carbons (Fsp3) is 0.167. The summed E-state index contributed by atoms with van der Waals surface area (Å²) in [5.41, 5.74) is -0.0262. The Morgan fingerprint density at radius 3 is 2.34 bits per heavy atom. The lowest BCUT2D eigenvalue weighted by molar-refractivity contribution is -0.385. The van der Waals surface area contributed by atoms with E-state index >= 15 is 0 Å². The molecular weight excluding hydrogens is 470 g/mol.